The lowest BCUT2D eigenvalue weighted by atomic mass is 9.96. The fraction of sp³-hybridized carbons (Fsp3) is 0.300. The van der Waals surface area contributed by atoms with E-state index in [-0.39, 0.29) is 17.7 Å². The van der Waals surface area contributed by atoms with Gasteiger partial charge in [-0.15, -0.1) is 0 Å². The number of para-hydroxylation sites is 2. The first-order valence-corrected chi connectivity index (χ1v) is 8.56. The first kappa shape index (κ1) is 17.0. The molecule has 5 nitrogen and oxygen atoms in total. The zero-order chi connectivity index (χ0) is 17.8. The molecule has 0 aromatic heterocycles. The minimum atomic E-state index is -0.220. The van der Waals surface area contributed by atoms with E-state index in [2.05, 4.69) is 5.32 Å². The minimum absolute atomic E-state index is 0.0169. The number of nitrogens with zero attached hydrogens (tertiary/aromatic N) is 1. The van der Waals surface area contributed by atoms with Crippen LogP contribution < -0.4 is 11.1 Å². The molecule has 0 bridgehead atoms. The fourth-order valence-electron chi connectivity index (χ4n) is 3.10. The summed E-state index contributed by atoms with van der Waals surface area (Å²) in [6.07, 6.45) is 1.59. The van der Waals surface area contributed by atoms with E-state index in [9.17, 15) is 9.59 Å². The number of likely N-dealkylation sites (tertiary alicyclic amines) is 1. The number of carbonyl (C=O) groups excluding carboxylic acids is 2. The van der Waals surface area contributed by atoms with Gasteiger partial charge in [0.2, 0.25) is 5.91 Å². The van der Waals surface area contributed by atoms with Gasteiger partial charge in [0.15, 0.2) is 0 Å². The van der Waals surface area contributed by atoms with Crippen molar-refractivity contribution >= 4 is 23.2 Å². The average Bonchev–Trinajstić information content (AvgIpc) is 2.64. The van der Waals surface area contributed by atoms with Gasteiger partial charge < -0.3 is 16.0 Å². The minimum Gasteiger partial charge on any atom is -0.397 e. The fourth-order valence-corrected chi connectivity index (χ4v) is 3.10. The molecule has 2 aromatic carbocycles. The Bertz CT molecular complexity index is 771. The van der Waals surface area contributed by atoms with E-state index < -0.39 is 0 Å². The molecule has 1 aliphatic heterocycles. The maximum Gasteiger partial charge on any atom is 0.253 e. The van der Waals surface area contributed by atoms with Gasteiger partial charge in [-0.05, 0) is 44.0 Å². The summed E-state index contributed by atoms with van der Waals surface area (Å²) in [4.78, 5) is 27.0. The number of carbonyl (C=O) groups is 2. The topological polar surface area (TPSA) is 75.4 Å². The van der Waals surface area contributed by atoms with Crippen LogP contribution in [-0.4, -0.2) is 29.8 Å². The van der Waals surface area contributed by atoms with E-state index in [0.717, 1.165) is 18.4 Å². The maximum absolute atomic E-state index is 12.7. The molecule has 1 saturated heterocycles. The molecule has 1 aliphatic rings. The molecule has 25 heavy (non-hydrogen) atoms. The number of amides is 2. The quantitative estimate of drug-likeness (QED) is 0.845. The van der Waals surface area contributed by atoms with Crippen LogP contribution in [0.5, 0.6) is 0 Å². The lowest BCUT2D eigenvalue weighted by Crippen LogP contribution is -2.43. The van der Waals surface area contributed by atoms with Gasteiger partial charge in [-0.1, -0.05) is 29.8 Å². The maximum atomic E-state index is 12.7. The summed E-state index contributed by atoms with van der Waals surface area (Å²) in [5, 5.41) is 2.88. The lowest BCUT2D eigenvalue weighted by Gasteiger charge is -2.32. The molecule has 0 spiro atoms. The Hall–Kier alpha value is -2.82. The second-order valence-electron chi connectivity index (χ2n) is 6.53. The molecule has 1 fully saturated rings. The van der Waals surface area contributed by atoms with Crippen LogP contribution in [0.15, 0.2) is 48.5 Å². The summed E-state index contributed by atoms with van der Waals surface area (Å²) in [5.74, 6) is -0.321. The van der Waals surface area contributed by atoms with Gasteiger partial charge in [-0.2, -0.15) is 0 Å². The predicted molar refractivity (Wildman–Crippen MR) is 99.3 cm³/mol. The van der Waals surface area contributed by atoms with Gasteiger partial charge in [0.05, 0.1) is 17.3 Å². The Morgan fingerprint density at radius 2 is 1.84 bits per heavy atom. The summed E-state index contributed by atoms with van der Waals surface area (Å²) in [7, 11) is 0. The first-order chi connectivity index (χ1) is 12.0. The molecule has 1 unspecified atom stereocenters. The molecule has 2 aromatic rings. The molecule has 3 rings (SSSR count). The zero-order valence-corrected chi connectivity index (χ0v) is 14.4. The van der Waals surface area contributed by atoms with Crippen molar-refractivity contribution in [2.24, 2.45) is 5.92 Å². The van der Waals surface area contributed by atoms with Crippen LogP contribution in [0.25, 0.3) is 0 Å². The molecule has 1 heterocycles. The molecule has 0 aliphatic carbocycles. The predicted octanol–water partition coefficient (Wildman–Crippen LogP) is 3.07. The van der Waals surface area contributed by atoms with Crippen molar-refractivity contribution < 1.29 is 9.59 Å². The second-order valence-corrected chi connectivity index (χ2v) is 6.53. The third kappa shape index (κ3) is 3.99. The molecule has 1 atom stereocenters. The summed E-state index contributed by atoms with van der Waals surface area (Å²) < 4.78 is 0. The highest BCUT2D eigenvalue weighted by Crippen LogP contribution is 2.23. The van der Waals surface area contributed by atoms with Crippen molar-refractivity contribution in [3.05, 3.63) is 59.7 Å². The van der Waals surface area contributed by atoms with E-state index in [1.807, 2.05) is 43.3 Å². The number of rotatable bonds is 3. The van der Waals surface area contributed by atoms with Crippen LogP contribution in [-0.2, 0) is 4.79 Å². The van der Waals surface area contributed by atoms with Crippen molar-refractivity contribution in [3.8, 4) is 0 Å². The van der Waals surface area contributed by atoms with E-state index >= 15 is 0 Å². The number of nitrogen functional groups attached to an aromatic ring is 1. The normalized spacial score (nSPS) is 17.2. The second kappa shape index (κ2) is 7.38. The summed E-state index contributed by atoms with van der Waals surface area (Å²) in [5.41, 5.74) is 8.83. The number of nitrogens with one attached hydrogen (secondary N) is 1. The van der Waals surface area contributed by atoms with Gasteiger partial charge in [-0.3, -0.25) is 9.59 Å². The van der Waals surface area contributed by atoms with E-state index in [1.165, 1.54) is 0 Å². The van der Waals surface area contributed by atoms with Gasteiger partial charge in [0.25, 0.3) is 5.91 Å². The van der Waals surface area contributed by atoms with Crippen molar-refractivity contribution in [2.45, 2.75) is 19.8 Å². The van der Waals surface area contributed by atoms with Crippen molar-refractivity contribution in [2.75, 3.05) is 24.1 Å². The number of benzene rings is 2. The van der Waals surface area contributed by atoms with E-state index in [4.69, 9.17) is 5.73 Å². The lowest BCUT2D eigenvalue weighted by molar-refractivity contribution is -0.121. The number of piperidine rings is 1. The SMILES string of the molecule is Cc1ccc(C(=O)N2CCCC(C(=O)Nc3ccccc3N)C2)cc1. The Labute approximate surface area is 147 Å². The van der Waals surface area contributed by atoms with E-state index in [0.29, 0.717) is 30.0 Å². The van der Waals surface area contributed by atoms with Gasteiger partial charge in [-0.25, -0.2) is 0 Å². The van der Waals surface area contributed by atoms with Crippen molar-refractivity contribution in [1.29, 1.82) is 0 Å². The Morgan fingerprint density at radius 1 is 1.12 bits per heavy atom. The Balaban J connectivity index is 1.66. The molecule has 130 valence electrons. The molecule has 5 heteroatoms. The summed E-state index contributed by atoms with van der Waals surface area (Å²) >= 11 is 0. The Kier molecular flexibility index (Phi) is 5.03. The highest BCUT2D eigenvalue weighted by Gasteiger charge is 2.29. The van der Waals surface area contributed by atoms with Crippen LogP contribution in [0.1, 0.15) is 28.8 Å². The number of anilines is 2. The third-order valence-corrected chi connectivity index (χ3v) is 4.60. The first-order valence-electron chi connectivity index (χ1n) is 8.56. The molecule has 3 N–H and O–H groups in total. The van der Waals surface area contributed by atoms with Gasteiger partial charge >= 0.3 is 0 Å². The summed E-state index contributed by atoms with van der Waals surface area (Å²) in [6, 6.07) is 14.7. The van der Waals surface area contributed by atoms with Gasteiger partial charge in [0.1, 0.15) is 0 Å². The van der Waals surface area contributed by atoms with Crippen LogP contribution in [0.3, 0.4) is 0 Å². The Morgan fingerprint density at radius 3 is 2.56 bits per heavy atom. The standard InChI is InChI=1S/C20H23N3O2/c1-14-8-10-15(11-9-14)20(25)23-12-4-5-16(13-23)19(24)22-18-7-3-2-6-17(18)21/h2-3,6-11,16H,4-5,12-13,21H2,1H3,(H,22,24). The van der Waals surface area contributed by atoms with Crippen LogP contribution in [0, 0.1) is 12.8 Å². The van der Waals surface area contributed by atoms with Crippen LogP contribution in [0.4, 0.5) is 11.4 Å². The highest BCUT2D eigenvalue weighted by molar-refractivity contribution is 5.97. The third-order valence-electron chi connectivity index (χ3n) is 4.60. The number of hydrogen-bond acceptors (Lipinski definition) is 3. The van der Waals surface area contributed by atoms with Crippen LogP contribution >= 0.6 is 0 Å². The number of aryl methyl sites for hydroxylation is 1. The van der Waals surface area contributed by atoms with Crippen molar-refractivity contribution in [3.63, 3.8) is 0 Å². The van der Waals surface area contributed by atoms with Crippen molar-refractivity contribution in [1.82, 2.24) is 4.90 Å². The smallest absolute Gasteiger partial charge is 0.253 e. The molecular weight excluding hydrogens is 314 g/mol. The molecule has 2 amide bonds. The number of nitrogens with two attached hydrogens (primary N) is 1. The van der Waals surface area contributed by atoms with E-state index in [1.54, 1.807) is 17.0 Å². The summed E-state index contributed by atoms with van der Waals surface area (Å²) in [6.45, 7) is 3.11. The monoisotopic (exact) mass is 337 g/mol. The van der Waals surface area contributed by atoms with Gasteiger partial charge in [0, 0.05) is 18.7 Å². The molecule has 0 radical (unpaired) electrons. The zero-order valence-electron chi connectivity index (χ0n) is 14.4. The largest absolute Gasteiger partial charge is 0.397 e. The molecular formula is C20H23N3O2. The molecule has 0 saturated carbocycles. The van der Waals surface area contributed by atoms with Crippen LogP contribution in [0.2, 0.25) is 0 Å². The number of hydrogen-bond donors (Lipinski definition) is 2. The average molecular weight is 337 g/mol. The highest BCUT2D eigenvalue weighted by atomic mass is 16.2.